The molecule has 4 nitrogen and oxygen atoms in total. The van der Waals surface area contributed by atoms with Crippen molar-refractivity contribution in [2.24, 2.45) is 0 Å². The predicted molar refractivity (Wildman–Crippen MR) is 157 cm³/mol. The van der Waals surface area contributed by atoms with Crippen molar-refractivity contribution in [3.63, 3.8) is 0 Å². The van der Waals surface area contributed by atoms with Crippen LogP contribution in [-0.4, -0.2) is 30.6 Å². The molecule has 8 heteroatoms. The maximum Gasteiger partial charge on any atom is 0.417 e. The Morgan fingerprint density at radius 3 is 2.60 bits per heavy atom. The van der Waals surface area contributed by atoms with Gasteiger partial charge in [0, 0.05) is 25.6 Å². The van der Waals surface area contributed by atoms with Crippen molar-refractivity contribution in [1.82, 2.24) is 4.90 Å². The molecule has 0 fully saturated rings. The third-order valence-electron chi connectivity index (χ3n) is 7.64. The first kappa shape index (κ1) is 29.9. The molecule has 2 aliphatic rings. The molecular formula is C34H33ClF3NO3. The molecule has 1 heterocycles. The summed E-state index contributed by atoms with van der Waals surface area (Å²) < 4.78 is 52.0. The third-order valence-corrected chi connectivity index (χ3v) is 8.08. The number of rotatable bonds is 11. The quantitative estimate of drug-likeness (QED) is 0.165. The smallest absolute Gasteiger partial charge is 0.417 e. The van der Waals surface area contributed by atoms with Crippen LogP contribution in [-0.2, 0) is 35.3 Å². The van der Waals surface area contributed by atoms with E-state index in [1.807, 2.05) is 36.4 Å². The molecule has 3 aromatic rings. The summed E-state index contributed by atoms with van der Waals surface area (Å²) in [6.07, 6.45) is 4.88. The zero-order chi connectivity index (χ0) is 29.5. The summed E-state index contributed by atoms with van der Waals surface area (Å²) in [5, 5.41) is -0.258. The standard InChI is InChI=1S/C34H33ClF3NO3/c35-33-26(13-7-14-31(33)34(36,37)38)21-39(22-30(24-9-3-1-4-10-24)25-11-5-2-6-12-25)17-8-18-41-29-16-15-27-23-42-32(40)20-28(27)19-29/h1,3-5,7,9-16,19,30H,2,6,8,17-18,20-23H2. The summed E-state index contributed by atoms with van der Waals surface area (Å²) in [7, 11) is 0. The van der Waals surface area contributed by atoms with Crippen molar-refractivity contribution < 1.29 is 27.4 Å². The average molecular weight is 596 g/mol. The Labute approximate surface area is 249 Å². The minimum atomic E-state index is -4.53. The number of esters is 1. The van der Waals surface area contributed by atoms with Crippen molar-refractivity contribution in [1.29, 1.82) is 0 Å². The highest BCUT2D eigenvalue weighted by Gasteiger charge is 2.34. The van der Waals surface area contributed by atoms with E-state index in [1.54, 1.807) is 6.07 Å². The van der Waals surface area contributed by atoms with Crippen molar-refractivity contribution in [3.05, 3.63) is 123 Å². The molecule has 1 unspecified atom stereocenters. The second-order valence-corrected chi connectivity index (χ2v) is 11.0. The lowest BCUT2D eigenvalue weighted by molar-refractivity contribution is -0.145. The van der Waals surface area contributed by atoms with Gasteiger partial charge in [-0.15, -0.1) is 0 Å². The number of allylic oxidation sites excluding steroid dienone is 3. The summed E-state index contributed by atoms with van der Waals surface area (Å²) in [5.41, 5.74) is 3.86. The molecule has 1 aliphatic heterocycles. The number of carbonyl (C=O) groups excluding carboxylic acids is 1. The first-order valence-electron chi connectivity index (χ1n) is 14.2. The highest BCUT2D eigenvalue weighted by molar-refractivity contribution is 6.32. The molecule has 0 radical (unpaired) electrons. The molecule has 0 spiro atoms. The zero-order valence-corrected chi connectivity index (χ0v) is 24.0. The Hall–Kier alpha value is -3.55. The van der Waals surface area contributed by atoms with E-state index in [-0.39, 0.29) is 36.5 Å². The second-order valence-electron chi connectivity index (χ2n) is 10.6. The first-order valence-corrected chi connectivity index (χ1v) is 14.5. The van der Waals surface area contributed by atoms with Gasteiger partial charge in [0.05, 0.1) is 23.6 Å². The molecule has 42 heavy (non-hydrogen) atoms. The summed E-state index contributed by atoms with van der Waals surface area (Å²) in [6.45, 7) is 2.15. The maximum atomic E-state index is 13.6. The Bertz CT molecular complexity index is 1450. The van der Waals surface area contributed by atoms with Gasteiger partial charge in [-0.2, -0.15) is 13.2 Å². The monoisotopic (exact) mass is 595 g/mol. The van der Waals surface area contributed by atoms with E-state index < -0.39 is 11.7 Å². The lowest BCUT2D eigenvalue weighted by Gasteiger charge is -2.30. The molecule has 0 bridgehead atoms. The highest BCUT2D eigenvalue weighted by atomic mass is 35.5. The van der Waals surface area contributed by atoms with Gasteiger partial charge in [-0.05, 0) is 65.3 Å². The van der Waals surface area contributed by atoms with E-state index in [2.05, 4.69) is 35.3 Å². The van der Waals surface area contributed by atoms with Gasteiger partial charge in [0.25, 0.3) is 0 Å². The number of cyclic esters (lactones) is 1. The van der Waals surface area contributed by atoms with Crippen molar-refractivity contribution in [3.8, 4) is 5.75 Å². The lowest BCUT2D eigenvalue weighted by Crippen LogP contribution is -2.31. The fourth-order valence-corrected chi connectivity index (χ4v) is 5.77. The fourth-order valence-electron chi connectivity index (χ4n) is 5.48. The number of fused-ring (bicyclic) bond motifs is 1. The Morgan fingerprint density at radius 2 is 1.83 bits per heavy atom. The number of nitrogens with zero attached hydrogens (tertiary/aromatic N) is 1. The first-order chi connectivity index (χ1) is 20.3. The van der Waals surface area contributed by atoms with E-state index >= 15 is 0 Å². The van der Waals surface area contributed by atoms with Crippen LogP contribution in [0.15, 0.2) is 90.5 Å². The normalized spacial score (nSPS) is 15.6. The van der Waals surface area contributed by atoms with Crippen LogP contribution in [0.3, 0.4) is 0 Å². The van der Waals surface area contributed by atoms with Gasteiger partial charge in [-0.3, -0.25) is 9.69 Å². The molecule has 0 saturated carbocycles. The van der Waals surface area contributed by atoms with Crippen LogP contribution in [0.2, 0.25) is 5.02 Å². The minimum Gasteiger partial charge on any atom is -0.494 e. The summed E-state index contributed by atoms with van der Waals surface area (Å²) >= 11 is 6.32. The van der Waals surface area contributed by atoms with Gasteiger partial charge >= 0.3 is 12.1 Å². The van der Waals surface area contributed by atoms with Gasteiger partial charge in [0.1, 0.15) is 12.4 Å². The average Bonchev–Trinajstić information content (AvgIpc) is 2.99. The van der Waals surface area contributed by atoms with Crippen LogP contribution in [0, 0.1) is 0 Å². The van der Waals surface area contributed by atoms with E-state index in [0.717, 1.165) is 35.6 Å². The summed E-state index contributed by atoms with van der Waals surface area (Å²) in [5.74, 6) is 0.476. The Kier molecular flexibility index (Phi) is 9.70. The number of carbonyl (C=O) groups is 1. The molecule has 3 aromatic carbocycles. The topological polar surface area (TPSA) is 38.8 Å². The second kappa shape index (κ2) is 13.6. The predicted octanol–water partition coefficient (Wildman–Crippen LogP) is 8.29. The van der Waals surface area contributed by atoms with Crippen LogP contribution in [0.25, 0.3) is 0 Å². The van der Waals surface area contributed by atoms with E-state index in [4.69, 9.17) is 21.1 Å². The number of halogens is 4. The number of hydrogen-bond acceptors (Lipinski definition) is 4. The molecule has 5 rings (SSSR count). The van der Waals surface area contributed by atoms with Crippen LogP contribution >= 0.6 is 11.6 Å². The zero-order valence-electron chi connectivity index (χ0n) is 23.2. The number of hydrogen-bond donors (Lipinski definition) is 0. The molecular weight excluding hydrogens is 563 g/mol. The number of benzene rings is 3. The maximum absolute atomic E-state index is 13.6. The van der Waals surface area contributed by atoms with Gasteiger partial charge in [-0.1, -0.05) is 78.4 Å². The Balaban J connectivity index is 1.33. The third kappa shape index (κ3) is 7.64. The van der Waals surface area contributed by atoms with Crippen LogP contribution in [0.4, 0.5) is 13.2 Å². The molecule has 0 saturated heterocycles. The van der Waals surface area contributed by atoms with E-state index in [0.29, 0.717) is 37.4 Å². The summed E-state index contributed by atoms with van der Waals surface area (Å²) in [6, 6.07) is 19.9. The van der Waals surface area contributed by atoms with Crippen molar-refractivity contribution in [2.45, 2.75) is 50.9 Å². The minimum absolute atomic E-state index is 0.0497. The number of ether oxygens (including phenoxy) is 2. The van der Waals surface area contributed by atoms with Gasteiger partial charge in [0.15, 0.2) is 0 Å². The van der Waals surface area contributed by atoms with Crippen LogP contribution in [0.1, 0.15) is 53.0 Å². The number of alkyl halides is 3. The molecule has 1 atom stereocenters. The van der Waals surface area contributed by atoms with Gasteiger partial charge in [0.2, 0.25) is 0 Å². The van der Waals surface area contributed by atoms with Crippen molar-refractivity contribution in [2.75, 3.05) is 19.7 Å². The Morgan fingerprint density at radius 1 is 1.00 bits per heavy atom. The largest absolute Gasteiger partial charge is 0.494 e. The van der Waals surface area contributed by atoms with E-state index in [9.17, 15) is 18.0 Å². The van der Waals surface area contributed by atoms with Gasteiger partial charge in [-0.25, -0.2) is 0 Å². The SMILES string of the molecule is O=C1Cc2cc(OCCCN(Cc3cccc(C(F)(F)F)c3Cl)CC(C3=CCCC=C3)c3ccccc3)ccc2CO1. The van der Waals surface area contributed by atoms with Crippen LogP contribution < -0.4 is 4.74 Å². The molecule has 1 aliphatic carbocycles. The summed E-state index contributed by atoms with van der Waals surface area (Å²) in [4.78, 5) is 13.8. The van der Waals surface area contributed by atoms with Crippen LogP contribution in [0.5, 0.6) is 5.75 Å². The molecule has 0 aromatic heterocycles. The molecule has 0 amide bonds. The van der Waals surface area contributed by atoms with Gasteiger partial charge < -0.3 is 9.47 Å². The van der Waals surface area contributed by atoms with Crippen molar-refractivity contribution >= 4 is 17.6 Å². The lowest BCUT2D eigenvalue weighted by atomic mass is 9.87. The van der Waals surface area contributed by atoms with E-state index in [1.165, 1.54) is 11.6 Å². The fraction of sp³-hybridized carbons (Fsp3) is 0.324. The molecule has 220 valence electrons. The highest BCUT2D eigenvalue weighted by Crippen LogP contribution is 2.37. The molecule has 0 N–H and O–H groups in total.